The Balaban J connectivity index is 2.44. The summed E-state index contributed by atoms with van der Waals surface area (Å²) < 4.78 is 62.2. The molecule has 7 nitrogen and oxygen atoms in total. The van der Waals surface area contributed by atoms with Crippen molar-refractivity contribution < 1.29 is 21.6 Å². The van der Waals surface area contributed by atoms with Gasteiger partial charge in [-0.3, -0.25) is 9.89 Å². The summed E-state index contributed by atoms with van der Waals surface area (Å²) in [7, 11) is -3.25. The summed E-state index contributed by atoms with van der Waals surface area (Å²) in [6.45, 7) is 4.22. The van der Waals surface area contributed by atoms with Gasteiger partial charge in [-0.2, -0.15) is 13.2 Å². The summed E-state index contributed by atoms with van der Waals surface area (Å²) in [6, 6.07) is -0.113. The zero-order valence-corrected chi connectivity index (χ0v) is 14.8. The maximum absolute atomic E-state index is 12.4. The number of nitrogens with one attached hydrogen (secondary N) is 3. The second-order valence-electron chi connectivity index (χ2n) is 5.54. The minimum absolute atomic E-state index is 0.00610. The van der Waals surface area contributed by atoms with Crippen LogP contribution in [-0.4, -0.2) is 76.5 Å². The smallest absolute Gasteiger partial charge is 0.357 e. The van der Waals surface area contributed by atoms with Crippen molar-refractivity contribution in [3.05, 3.63) is 0 Å². The fourth-order valence-electron chi connectivity index (χ4n) is 2.33. The Morgan fingerprint density at radius 2 is 2.04 bits per heavy atom. The first kappa shape index (κ1) is 21.0. The Morgan fingerprint density at radius 3 is 2.62 bits per heavy atom. The van der Waals surface area contributed by atoms with E-state index in [4.69, 9.17) is 0 Å². The molecule has 1 unspecified atom stereocenters. The molecule has 1 saturated heterocycles. The van der Waals surface area contributed by atoms with E-state index in [1.54, 1.807) is 6.92 Å². The molecule has 1 aliphatic rings. The van der Waals surface area contributed by atoms with Gasteiger partial charge in [0.15, 0.2) is 5.96 Å². The maximum atomic E-state index is 12.4. The van der Waals surface area contributed by atoms with Crippen molar-refractivity contribution in [1.29, 1.82) is 0 Å². The number of hydrogen-bond acceptors (Lipinski definition) is 4. The molecule has 11 heteroatoms. The molecule has 0 radical (unpaired) electrons. The highest BCUT2D eigenvalue weighted by atomic mass is 32.2. The first-order valence-electron chi connectivity index (χ1n) is 7.96. The number of rotatable bonds is 8. The standard InChI is InChI=1S/C13H26F3N5O2S/c1-3-17-12(18-6-7-19-24(22,23)4-2)20-11-5-8-21(9-11)10-13(14,15)16/h11,19H,3-10H2,1-2H3,(H2,17,18,20). The SMILES string of the molecule is CCNC(=NCCNS(=O)(=O)CC)NC1CCN(CC(F)(F)F)C1. The lowest BCUT2D eigenvalue weighted by Crippen LogP contribution is -2.45. The Hall–Kier alpha value is -1.07. The third kappa shape index (κ3) is 8.69. The van der Waals surface area contributed by atoms with Gasteiger partial charge >= 0.3 is 6.18 Å². The van der Waals surface area contributed by atoms with Crippen molar-refractivity contribution >= 4 is 16.0 Å². The average molecular weight is 373 g/mol. The number of halogens is 3. The number of likely N-dealkylation sites (tertiary alicyclic amines) is 1. The van der Waals surface area contributed by atoms with Gasteiger partial charge in [0, 0.05) is 32.2 Å². The van der Waals surface area contributed by atoms with Crippen LogP contribution in [0.5, 0.6) is 0 Å². The molecule has 0 bridgehead atoms. The van der Waals surface area contributed by atoms with Gasteiger partial charge in [0.05, 0.1) is 18.8 Å². The molecule has 0 aromatic carbocycles. The number of hydrogen-bond donors (Lipinski definition) is 3. The quantitative estimate of drug-likeness (QED) is 0.320. The highest BCUT2D eigenvalue weighted by Crippen LogP contribution is 2.19. The van der Waals surface area contributed by atoms with Crippen LogP contribution in [0.1, 0.15) is 20.3 Å². The summed E-state index contributed by atoms with van der Waals surface area (Å²) in [5.74, 6) is 0.485. The molecule has 3 N–H and O–H groups in total. The van der Waals surface area contributed by atoms with Gasteiger partial charge in [0.1, 0.15) is 0 Å². The van der Waals surface area contributed by atoms with Crippen LogP contribution in [-0.2, 0) is 10.0 Å². The molecular weight excluding hydrogens is 347 g/mol. The molecule has 0 saturated carbocycles. The van der Waals surface area contributed by atoms with E-state index in [2.05, 4.69) is 20.3 Å². The van der Waals surface area contributed by atoms with Crippen LogP contribution in [0, 0.1) is 0 Å². The van der Waals surface area contributed by atoms with E-state index < -0.39 is 22.7 Å². The lowest BCUT2D eigenvalue weighted by Gasteiger charge is -2.19. The van der Waals surface area contributed by atoms with E-state index in [0.717, 1.165) is 0 Å². The molecule has 1 aliphatic heterocycles. The van der Waals surface area contributed by atoms with Gasteiger partial charge in [-0.1, -0.05) is 0 Å². The van der Waals surface area contributed by atoms with Crippen LogP contribution in [0.15, 0.2) is 4.99 Å². The molecule has 24 heavy (non-hydrogen) atoms. The number of sulfonamides is 1. The summed E-state index contributed by atoms with van der Waals surface area (Å²) >= 11 is 0. The van der Waals surface area contributed by atoms with Crippen molar-refractivity contribution in [2.75, 3.05) is 45.0 Å². The van der Waals surface area contributed by atoms with Crippen molar-refractivity contribution in [3.63, 3.8) is 0 Å². The lowest BCUT2D eigenvalue weighted by molar-refractivity contribution is -0.143. The van der Waals surface area contributed by atoms with Gasteiger partial charge in [-0.15, -0.1) is 0 Å². The second kappa shape index (κ2) is 9.42. The van der Waals surface area contributed by atoms with Crippen LogP contribution in [0.3, 0.4) is 0 Å². The zero-order chi connectivity index (χ0) is 18.2. The first-order valence-corrected chi connectivity index (χ1v) is 9.61. The molecular formula is C13H26F3N5O2S. The fraction of sp³-hybridized carbons (Fsp3) is 0.923. The van der Waals surface area contributed by atoms with Crippen molar-refractivity contribution in [3.8, 4) is 0 Å². The van der Waals surface area contributed by atoms with Crippen LogP contribution in [0.4, 0.5) is 13.2 Å². The minimum Gasteiger partial charge on any atom is -0.357 e. The van der Waals surface area contributed by atoms with E-state index in [1.807, 2.05) is 6.92 Å². The normalized spacial score (nSPS) is 20.4. The van der Waals surface area contributed by atoms with Gasteiger partial charge in [0.25, 0.3) is 0 Å². The van der Waals surface area contributed by atoms with Crippen LogP contribution >= 0.6 is 0 Å². The Kier molecular flexibility index (Phi) is 8.23. The van der Waals surface area contributed by atoms with Crippen LogP contribution < -0.4 is 15.4 Å². The molecule has 0 aliphatic carbocycles. The third-order valence-electron chi connectivity index (χ3n) is 3.44. The molecule has 1 heterocycles. The molecule has 0 spiro atoms. The number of nitrogens with zero attached hydrogens (tertiary/aromatic N) is 2. The summed E-state index contributed by atoms with van der Waals surface area (Å²) in [5.41, 5.74) is 0. The highest BCUT2D eigenvalue weighted by Gasteiger charge is 2.34. The molecule has 1 rings (SSSR count). The number of alkyl halides is 3. The van der Waals surface area contributed by atoms with E-state index in [1.165, 1.54) is 4.90 Å². The largest absolute Gasteiger partial charge is 0.401 e. The summed E-state index contributed by atoms with van der Waals surface area (Å²) in [6.07, 6.45) is -3.59. The number of aliphatic imine (C=N–C) groups is 1. The highest BCUT2D eigenvalue weighted by molar-refractivity contribution is 7.89. The fourth-order valence-corrected chi connectivity index (χ4v) is 2.94. The van der Waals surface area contributed by atoms with Gasteiger partial charge in [-0.25, -0.2) is 13.1 Å². The molecule has 142 valence electrons. The van der Waals surface area contributed by atoms with Gasteiger partial charge in [-0.05, 0) is 20.3 Å². The minimum atomic E-state index is -4.19. The second-order valence-corrected chi connectivity index (χ2v) is 7.63. The lowest BCUT2D eigenvalue weighted by atomic mass is 10.3. The van der Waals surface area contributed by atoms with Crippen molar-refractivity contribution in [1.82, 2.24) is 20.3 Å². The molecule has 0 aromatic heterocycles. The average Bonchev–Trinajstić information content (AvgIpc) is 2.88. The molecule has 0 aromatic rings. The Morgan fingerprint density at radius 1 is 1.33 bits per heavy atom. The van der Waals surface area contributed by atoms with Crippen molar-refractivity contribution in [2.45, 2.75) is 32.5 Å². The number of guanidine groups is 1. The molecule has 0 amide bonds. The van der Waals surface area contributed by atoms with Crippen LogP contribution in [0.2, 0.25) is 0 Å². The summed E-state index contributed by atoms with van der Waals surface area (Å²) in [4.78, 5) is 5.60. The van der Waals surface area contributed by atoms with Crippen LogP contribution in [0.25, 0.3) is 0 Å². The van der Waals surface area contributed by atoms with E-state index in [0.29, 0.717) is 32.0 Å². The Bertz CT molecular complexity index is 510. The molecule has 1 atom stereocenters. The zero-order valence-electron chi connectivity index (χ0n) is 14.0. The topological polar surface area (TPSA) is 85.8 Å². The summed E-state index contributed by atoms with van der Waals surface area (Å²) in [5, 5.41) is 6.10. The predicted octanol–water partition coefficient (Wildman–Crippen LogP) is 0.117. The molecule has 1 fully saturated rings. The Labute approximate surface area is 141 Å². The van der Waals surface area contributed by atoms with Gasteiger partial charge in [0.2, 0.25) is 10.0 Å². The van der Waals surface area contributed by atoms with E-state index in [-0.39, 0.29) is 24.9 Å². The third-order valence-corrected chi connectivity index (χ3v) is 4.85. The van der Waals surface area contributed by atoms with Crippen molar-refractivity contribution in [2.24, 2.45) is 4.99 Å². The van der Waals surface area contributed by atoms with E-state index in [9.17, 15) is 21.6 Å². The monoisotopic (exact) mass is 373 g/mol. The maximum Gasteiger partial charge on any atom is 0.401 e. The van der Waals surface area contributed by atoms with Gasteiger partial charge < -0.3 is 10.6 Å². The first-order chi connectivity index (χ1) is 11.1. The van der Waals surface area contributed by atoms with E-state index >= 15 is 0 Å². The predicted molar refractivity (Wildman–Crippen MR) is 87.5 cm³/mol.